The van der Waals surface area contributed by atoms with E-state index in [1.807, 2.05) is 0 Å². The fourth-order valence-corrected chi connectivity index (χ4v) is 3.19. The lowest BCUT2D eigenvalue weighted by molar-refractivity contribution is -0.149. The molecular formula is C13H23NO2. The zero-order valence-electron chi connectivity index (χ0n) is 10.2. The van der Waals surface area contributed by atoms with E-state index in [0.717, 1.165) is 31.8 Å². The molecule has 0 amide bonds. The number of rotatable bonds is 4. The van der Waals surface area contributed by atoms with Gasteiger partial charge in [-0.15, -0.1) is 0 Å². The van der Waals surface area contributed by atoms with Crippen LogP contribution in [-0.4, -0.2) is 35.1 Å². The number of carboxylic acid groups (broad SMARTS) is 1. The van der Waals surface area contributed by atoms with Crippen LogP contribution in [0.1, 0.15) is 45.4 Å². The molecule has 16 heavy (non-hydrogen) atoms. The molecule has 0 radical (unpaired) electrons. The van der Waals surface area contributed by atoms with Crippen LogP contribution in [0.25, 0.3) is 0 Å². The second-order valence-electron chi connectivity index (χ2n) is 5.36. The molecule has 1 heterocycles. The van der Waals surface area contributed by atoms with Gasteiger partial charge >= 0.3 is 5.97 Å². The molecule has 2 unspecified atom stereocenters. The van der Waals surface area contributed by atoms with E-state index >= 15 is 0 Å². The zero-order chi connectivity index (χ0) is 11.5. The van der Waals surface area contributed by atoms with Crippen LogP contribution in [0.2, 0.25) is 0 Å². The van der Waals surface area contributed by atoms with Crippen LogP contribution in [0, 0.1) is 11.8 Å². The SMILES string of the molecule is CCCC1CCN(C2CCC2C(=O)O)CC1. The molecular weight excluding hydrogens is 202 g/mol. The van der Waals surface area contributed by atoms with Gasteiger partial charge < -0.3 is 5.11 Å². The van der Waals surface area contributed by atoms with E-state index in [9.17, 15) is 4.79 Å². The van der Waals surface area contributed by atoms with Crippen LogP contribution in [-0.2, 0) is 4.79 Å². The van der Waals surface area contributed by atoms with Crippen molar-refractivity contribution in [1.29, 1.82) is 0 Å². The van der Waals surface area contributed by atoms with Gasteiger partial charge in [0.15, 0.2) is 0 Å². The molecule has 1 aliphatic heterocycles. The first-order valence-electron chi connectivity index (χ1n) is 6.69. The lowest BCUT2D eigenvalue weighted by Crippen LogP contribution is -2.52. The summed E-state index contributed by atoms with van der Waals surface area (Å²) in [6, 6.07) is 0.347. The summed E-state index contributed by atoms with van der Waals surface area (Å²) < 4.78 is 0. The van der Waals surface area contributed by atoms with Gasteiger partial charge in [0.05, 0.1) is 5.92 Å². The second kappa shape index (κ2) is 5.17. The van der Waals surface area contributed by atoms with Gasteiger partial charge in [-0.25, -0.2) is 0 Å². The van der Waals surface area contributed by atoms with Crippen molar-refractivity contribution in [3.05, 3.63) is 0 Å². The highest BCUT2D eigenvalue weighted by Gasteiger charge is 2.41. The van der Waals surface area contributed by atoms with Gasteiger partial charge in [0, 0.05) is 6.04 Å². The van der Waals surface area contributed by atoms with Crippen molar-refractivity contribution in [2.24, 2.45) is 11.8 Å². The number of likely N-dealkylation sites (tertiary alicyclic amines) is 1. The highest BCUT2D eigenvalue weighted by molar-refractivity contribution is 5.72. The lowest BCUT2D eigenvalue weighted by Gasteiger charge is -2.45. The Morgan fingerprint density at radius 2 is 1.94 bits per heavy atom. The molecule has 0 spiro atoms. The number of nitrogens with zero attached hydrogens (tertiary/aromatic N) is 1. The summed E-state index contributed by atoms with van der Waals surface area (Å²) in [4.78, 5) is 13.4. The summed E-state index contributed by atoms with van der Waals surface area (Å²) in [5.74, 6) is 0.222. The average Bonchev–Trinajstić information content (AvgIpc) is 2.18. The van der Waals surface area contributed by atoms with Crippen molar-refractivity contribution in [3.63, 3.8) is 0 Å². The van der Waals surface area contributed by atoms with Crippen LogP contribution in [0.5, 0.6) is 0 Å². The summed E-state index contributed by atoms with van der Waals surface area (Å²) in [5.41, 5.74) is 0. The highest BCUT2D eigenvalue weighted by atomic mass is 16.4. The molecule has 2 fully saturated rings. The first-order valence-corrected chi connectivity index (χ1v) is 6.69. The Kier molecular flexibility index (Phi) is 3.85. The van der Waals surface area contributed by atoms with Gasteiger partial charge in [-0.2, -0.15) is 0 Å². The molecule has 1 saturated heterocycles. The third kappa shape index (κ3) is 2.40. The van der Waals surface area contributed by atoms with Crippen molar-refractivity contribution in [2.75, 3.05) is 13.1 Å². The molecule has 0 aromatic rings. The zero-order valence-corrected chi connectivity index (χ0v) is 10.2. The Bertz CT molecular complexity index is 246. The van der Waals surface area contributed by atoms with Crippen molar-refractivity contribution in [1.82, 2.24) is 4.90 Å². The maximum atomic E-state index is 11.0. The fourth-order valence-electron chi connectivity index (χ4n) is 3.19. The standard InChI is InChI=1S/C13H23NO2/c1-2-3-10-6-8-14(9-7-10)12-5-4-11(12)13(15)16/h10-12H,2-9H2,1H3,(H,15,16). The van der Waals surface area contributed by atoms with Crippen molar-refractivity contribution in [2.45, 2.75) is 51.5 Å². The Morgan fingerprint density at radius 3 is 2.38 bits per heavy atom. The van der Waals surface area contributed by atoms with E-state index in [-0.39, 0.29) is 5.92 Å². The Labute approximate surface area is 97.8 Å². The van der Waals surface area contributed by atoms with E-state index in [1.54, 1.807) is 0 Å². The molecule has 2 aliphatic rings. The number of carbonyl (C=O) groups is 1. The lowest BCUT2D eigenvalue weighted by atomic mass is 9.77. The summed E-state index contributed by atoms with van der Waals surface area (Å²) in [6.45, 7) is 4.50. The number of carboxylic acids is 1. The number of hydrogen-bond acceptors (Lipinski definition) is 2. The molecule has 2 rings (SSSR count). The Hall–Kier alpha value is -0.570. The Morgan fingerprint density at radius 1 is 1.25 bits per heavy atom. The fraction of sp³-hybridized carbons (Fsp3) is 0.923. The highest BCUT2D eigenvalue weighted by Crippen LogP contribution is 2.35. The molecule has 2 atom stereocenters. The third-order valence-corrected chi connectivity index (χ3v) is 4.37. The summed E-state index contributed by atoms with van der Waals surface area (Å²) in [5, 5.41) is 9.04. The largest absolute Gasteiger partial charge is 0.481 e. The number of hydrogen-bond donors (Lipinski definition) is 1. The topological polar surface area (TPSA) is 40.5 Å². The predicted molar refractivity (Wildman–Crippen MR) is 63.4 cm³/mol. The van der Waals surface area contributed by atoms with E-state index < -0.39 is 5.97 Å². The predicted octanol–water partition coefficient (Wildman–Crippen LogP) is 2.36. The van der Waals surface area contributed by atoms with E-state index in [0.29, 0.717) is 6.04 Å². The third-order valence-electron chi connectivity index (χ3n) is 4.37. The molecule has 0 bridgehead atoms. The summed E-state index contributed by atoms with van der Waals surface area (Å²) in [7, 11) is 0. The van der Waals surface area contributed by atoms with Crippen molar-refractivity contribution in [3.8, 4) is 0 Å². The van der Waals surface area contributed by atoms with Gasteiger partial charge in [0.1, 0.15) is 0 Å². The minimum absolute atomic E-state index is 0.0808. The second-order valence-corrected chi connectivity index (χ2v) is 5.36. The van der Waals surface area contributed by atoms with Gasteiger partial charge in [0.2, 0.25) is 0 Å². The smallest absolute Gasteiger partial charge is 0.308 e. The molecule has 0 aromatic carbocycles. The molecule has 3 nitrogen and oxygen atoms in total. The molecule has 1 aliphatic carbocycles. The maximum Gasteiger partial charge on any atom is 0.308 e. The van der Waals surface area contributed by atoms with E-state index in [1.165, 1.54) is 25.7 Å². The van der Waals surface area contributed by atoms with Crippen LogP contribution < -0.4 is 0 Å². The monoisotopic (exact) mass is 225 g/mol. The Balaban J connectivity index is 1.78. The molecule has 3 heteroatoms. The molecule has 92 valence electrons. The van der Waals surface area contributed by atoms with Crippen LogP contribution >= 0.6 is 0 Å². The quantitative estimate of drug-likeness (QED) is 0.798. The summed E-state index contributed by atoms with van der Waals surface area (Å²) >= 11 is 0. The van der Waals surface area contributed by atoms with Gasteiger partial charge in [-0.3, -0.25) is 9.69 Å². The van der Waals surface area contributed by atoms with Crippen molar-refractivity contribution < 1.29 is 9.90 Å². The number of aliphatic carboxylic acids is 1. The van der Waals surface area contributed by atoms with Crippen LogP contribution in [0.3, 0.4) is 0 Å². The maximum absolute atomic E-state index is 11.0. The first kappa shape index (κ1) is 11.9. The average molecular weight is 225 g/mol. The van der Waals surface area contributed by atoms with Crippen molar-refractivity contribution >= 4 is 5.97 Å². The molecule has 0 aromatic heterocycles. The molecule has 1 N–H and O–H groups in total. The van der Waals surface area contributed by atoms with E-state index in [2.05, 4.69) is 11.8 Å². The van der Waals surface area contributed by atoms with Gasteiger partial charge in [0.25, 0.3) is 0 Å². The van der Waals surface area contributed by atoms with Crippen LogP contribution in [0.4, 0.5) is 0 Å². The normalized spacial score (nSPS) is 32.3. The summed E-state index contributed by atoms with van der Waals surface area (Å²) in [6.07, 6.45) is 7.16. The first-order chi connectivity index (χ1) is 7.72. The molecule has 1 saturated carbocycles. The minimum atomic E-state index is -0.591. The van der Waals surface area contributed by atoms with Gasteiger partial charge in [-0.05, 0) is 44.7 Å². The minimum Gasteiger partial charge on any atom is -0.481 e. The van der Waals surface area contributed by atoms with Gasteiger partial charge in [-0.1, -0.05) is 19.8 Å². The van der Waals surface area contributed by atoms with E-state index in [4.69, 9.17) is 5.11 Å². The number of piperidine rings is 1. The van der Waals surface area contributed by atoms with Crippen LogP contribution in [0.15, 0.2) is 0 Å².